The van der Waals surface area contributed by atoms with Crippen LogP contribution in [0.2, 0.25) is 0 Å². The van der Waals surface area contributed by atoms with Crippen LogP contribution in [0.4, 0.5) is 4.79 Å². The predicted octanol–water partition coefficient (Wildman–Crippen LogP) is -0.427. The fourth-order valence-electron chi connectivity index (χ4n) is 2.48. The minimum atomic E-state index is -0.410. The Morgan fingerprint density at radius 3 is 3.05 bits per heavy atom. The molecule has 2 rings (SSSR count). The normalized spacial score (nSPS) is 24.1. The lowest BCUT2D eigenvalue weighted by Gasteiger charge is -2.32. The van der Waals surface area contributed by atoms with Crippen LogP contribution in [0.15, 0.2) is 11.3 Å². The van der Waals surface area contributed by atoms with E-state index in [0.717, 1.165) is 19.4 Å². The molecule has 1 fully saturated rings. The number of piperidine rings is 1. The number of aliphatic hydroxyl groups is 1. The van der Waals surface area contributed by atoms with Crippen LogP contribution in [0.1, 0.15) is 19.8 Å². The number of hydrogen-bond donors (Lipinski definition) is 3. The minimum absolute atomic E-state index is 0.177. The summed E-state index contributed by atoms with van der Waals surface area (Å²) in [6.07, 6.45) is 1.37. The van der Waals surface area contributed by atoms with Crippen molar-refractivity contribution in [1.29, 1.82) is 0 Å². The lowest BCUT2D eigenvalue weighted by molar-refractivity contribution is -0.138. The second-order valence-electron chi connectivity index (χ2n) is 5.02. The fourth-order valence-corrected chi connectivity index (χ4v) is 2.48. The standard InChI is InChI=1S/C13H21N3O4/c1-2-20-12(18)10-6-14-13(19)15-11(10)8-16-5-3-4-9(17)7-16/h9,17H,2-8H2,1H3,(H2,14,15,19)/t9-/m0/s1. The van der Waals surface area contributed by atoms with Gasteiger partial charge >= 0.3 is 12.0 Å². The van der Waals surface area contributed by atoms with Crippen molar-refractivity contribution in [1.82, 2.24) is 15.5 Å². The molecule has 0 aromatic heterocycles. The van der Waals surface area contributed by atoms with Crippen LogP contribution in [0, 0.1) is 0 Å². The van der Waals surface area contributed by atoms with Crippen LogP contribution in [-0.2, 0) is 9.53 Å². The summed E-state index contributed by atoms with van der Waals surface area (Å²) >= 11 is 0. The molecule has 2 heterocycles. The number of nitrogens with one attached hydrogen (secondary N) is 2. The first-order valence-electron chi connectivity index (χ1n) is 6.94. The molecule has 0 spiro atoms. The molecule has 0 radical (unpaired) electrons. The van der Waals surface area contributed by atoms with Gasteiger partial charge in [0.25, 0.3) is 0 Å². The Hall–Kier alpha value is -1.60. The zero-order valence-electron chi connectivity index (χ0n) is 11.6. The van der Waals surface area contributed by atoms with E-state index < -0.39 is 5.97 Å². The summed E-state index contributed by atoms with van der Waals surface area (Å²) in [7, 11) is 0. The first-order valence-corrected chi connectivity index (χ1v) is 6.94. The number of nitrogens with zero attached hydrogens (tertiary/aromatic N) is 1. The summed E-state index contributed by atoms with van der Waals surface area (Å²) in [6.45, 7) is 4.07. The molecule has 1 atom stereocenters. The van der Waals surface area contributed by atoms with Crippen molar-refractivity contribution in [2.24, 2.45) is 0 Å². The molecule has 112 valence electrons. The third-order valence-electron chi connectivity index (χ3n) is 3.44. The van der Waals surface area contributed by atoms with Gasteiger partial charge in [-0.05, 0) is 26.3 Å². The van der Waals surface area contributed by atoms with Gasteiger partial charge in [0.2, 0.25) is 0 Å². The van der Waals surface area contributed by atoms with Gasteiger partial charge in [0.1, 0.15) is 0 Å². The van der Waals surface area contributed by atoms with E-state index >= 15 is 0 Å². The Morgan fingerprint density at radius 2 is 2.35 bits per heavy atom. The van der Waals surface area contributed by atoms with Gasteiger partial charge < -0.3 is 20.5 Å². The highest BCUT2D eigenvalue weighted by Crippen LogP contribution is 2.14. The van der Waals surface area contributed by atoms with E-state index in [9.17, 15) is 14.7 Å². The van der Waals surface area contributed by atoms with Gasteiger partial charge in [-0.25, -0.2) is 9.59 Å². The molecule has 2 aliphatic heterocycles. The molecule has 0 bridgehead atoms. The van der Waals surface area contributed by atoms with E-state index in [4.69, 9.17) is 4.74 Å². The van der Waals surface area contributed by atoms with Crippen molar-refractivity contribution >= 4 is 12.0 Å². The van der Waals surface area contributed by atoms with E-state index in [1.165, 1.54) is 0 Å². The molecule has 20 heavy (non-hydrogen) atoms. The summed E-state index contributed by atoms with van der Waals surface area (Å²) in [5, 5.41) is 14.9. The van der Waals surface area contributed by atoms with Crippen molar-refractivity contribution in [3.8, 4) is 0 Å². The summed E-state index contributed by atoms with van der Waals surface area (Å²) < 4.78 is 5.00. The first-order chi connectivity index (χ1) is 9.60. The number of β-amino-alcohol motifs (C(OH)–C–C–N with tert-alkyl or cyclic N) is 1. The molecule has 3 N–H and O–H groups in total. The van der Waals surface area contributed by atoms with Crippen molar-refractivity contribution < 1.29 is 19.4 Å². The zero-order valence-corrected chi connectivity index (χ0v) is 11.6. The number of carbonyl (C=O) groups excluding carboxylic acids is 2. The molecule has 0 unspecified atom stereocenters. The number of ether oxygens (including phenoxy) is 1. The van der Waals surface area contributed by atoms with Crippen LogP contribution in [0.25, 0.3) is 0 Å². The van der Waals surface area contributed by atoms with Crippen LogP contribution in [0.5, 0.6) is 0 Å². The number of likely N-dealkylation sites (tertiary alicyclic amines) is 1. The number of aliphatic hydroxyl groups excluding tert-OH is 1. The quantitative estimate of drug-likeness (QED) is 0.609. The summed E-state index contributed by atoms with van der Waals surface area (Å²) in [4.78, 5) is 25.3. The number of hydrogen-bond acceptors (Lipinski definition) is 5. The van der Waals surface area contributed by atoms with Crippen LogP contribution in [-0.4, -0.2) is 60.9 Å². The number of carbonyl (C=O) groups is 2. The maximum absolute atomic E-state index is 11.9. The lowest BCUT2D eigenvalue weighted by Crippen LogP contribution is -2.48. The SMILES string of the molecule is CCOC(=O)C1=C(CN2CCC[C@H](O)C2)NC(=O)NC1. The Kier molecular flexibility index (Phi) is 4.97. The van der Waals surface area contributed by atoms with E-state index in [1.807, 2.05) is 4.90 Å². The maximum Gasteiger partial charge on any atom is 0.337 e. The summed E-state index contributed by atoms with van der Waals surface area (Å²) in [5.74, 6) is -0.410. The van der Waals surface area contributed by atoms with Crippen LogP contribution >= 0.6 is 0 Å². The Bertz CT molecular complexity index is 422. The zero-order chi connectivity index (χ0) is 14.5. The highest BCUT2D eigenvalue weighted by molar-refractivity contribution is 5.93. The molecule has 7 heteroatoms. The van der Waals surface area contributed by atoms with E-state index in [-0.39, 0.29) is 18.7 Å². The second-order valence-corrected chi connectivity index (χ2v) is 5.02. The van der Waals surface area contributed by atoms with E-state index in [1.54, 1.807) is 6.92 Å². The Balaban J connectivity index is 2.09. The van der Waals surface area contributed by atoms with Crippen LogP contribution in [0.3, 0.4) is 0 Å². The topological polar surface area (TPSA) is 90.9 Å². The largest absolute Gasteiger partial charge is 0.463 e. The lowest BCUT2D eigenvalue weighted by atomic mass is 10.1. The molecule has 0 aliphatic carbocycles. The molecule has 0 saturated carbocycles. The van der Waals surface area contributed by atoms with Gasteiger partial charge in [0.05, 0.1) is 24.8 Å². The molecule has 0 aromatic carbocycles. The maximum atomic E-state index is 11.9. The van der Waals surface area contributed by atoms with Gasteiger partial charge in [-0.2, -0.15) is 0 Å². The van der Waals surface area contributed by atoms with Gasteiger partial charge in [-0.1, -0.05) is 0 Å². The van der Waals surface area contributed by atoms with Gasteiger partial charge in [-0.3, -0.25) is 4.90 Å². The number of esters is 1. The van der Waals surface area contributed by atoms with Crippen molar-refractivity contribution in [2.75, 3.05) is 32.8 Å². The molecule has 2 amide bonds. The molecule has 7 nitrogen and oxygen atoms in total. The Labute approximate surface area is 118 Å². The molecular weight excluding hydrogens is 262 g/mol. The first kappa shape index (κ1) is 14.8. The van der Waals surface area contributed by atoms with E-state index in [2.05, 4.69) is 10.6 Å². The highest BCUT2D eigenvalue weighted by Gasteiger charge is 2.26. The van der Waals surface area contributed by atoms with Crippen molar-refractivity contribution in [3.63, 3.8) is 0 Å². The monoisotopic (exact) mass is 283 g/mol. The minimum Gasteiger partial charge on any atom is -0.463 e. The van der Waals surface area contributed by atoms with Crippen molar-refractivity contribution in [2.45, 2.75) is 25.9 Å². The van der Waals surface area contributed by atoms with Gasteiger partial charge in [0.15, 0.2) is 0 Å². The van der Waals surface area contributed by atoms with Gasteiger partial charge in [0, 0.05) is 18.8 Å². The summed E-state index contributed by atoms with van der Waals surface area (Å²) in [5.41, 5.74) is 1.02. The number of amides is 2. The number of rotatable bonds is 4. The Morgan fingerprint density at radius 1 is 1.55 bits per heavy atom. The molecule has 0 aromatic rings. The van der Waals surface area contributed by atoms with Crippen molar-refractivity contribution in [3.05, 3.63) is 11.3 Å². The summed E-state index contributed by atoms with van der Waals surface area (Å²) in [6, 6.07) is -0.314. The fraction of sp³-hybridized carbons (Fsp3) is 0.692. The smallest absolute Gasteiger partial charge is 0.337 e. The number of urea groups is 1. The third-order valence-corrected chi connectivity index (χ3v) is 3.44. The highest BCUT2D eigenvalue weighted by atomic mass is 16.5. The average molecular weight is 283 g/mol. The van der Waals surface area contributed by atoms with Gasteiger partial charge in [-0.15, -0.1) is 0 Å². The second kappa shape index (κ2) is 6.71. The van der Waals surface area contributed by atoms with E-state index in [0.29, 0.717) is 31.0 Å². The predicted molar refractivity (Wildman–Crippen MR) is 71.9 cm³/mol. The third kappa shape index (κ3) is 3.71. The molecule has 1 saturated heterocycles. The average Bonchev–Trinajstić information content (AvgIpc) is 2.39. The van der Waals surface area contributed by atoms with Crippen LogP contribution < -0.4 is 10.6 Å². The molecule has 2 aliphatic rings. The molecular formula is C13H21N3O4.